The molecule has 1 aromatic carbocycles. The van der Waals surface area contributed by atoms with Crippen molar-refractivity contribution in [2.45, 2.75) is 52.0 Å². The Balaban J connectivity index is 1.85. The maximum absolute atomic E-state index is 12.3. The van der Waals surface area contributed by atoms with E-state index in [1.54, 1.807) is 24.3 Å². The molecule has 0 spiro atoms. The van der Waals surface area contributed by atoms with Gasteiger partial charge in [0.25, 0.3) is 5.91 Å². The number of nitrogens with one attached hydrogen (secondary N) is 2. The Morgan fingerprint density at radius 2 is 1.67 bits per heavy atom. The molecule has 0 unspecified atom stereocenters. The minimum atomic E-state index is -0.0295. The number of amides is 2. The Hall–Kier alpha value is -1.88. The van der Waals surface area contributed by atoms with Gasteiger partial charge in [0.05, 0.1) is 6.54 Å². The molecule has 2 amide bonds. The summed E-state index contributed by atoms with van der Waals surface area (Å²) in [5, 5.41) is 5.98. The van der Waals surface area contributed by atoms with Gasteiger partial charge in [-0.15, -0.1) is 0 Å². The van der Waals surface area contributed by atoms with E-state index >= 15 is 0 Å². The third-order valence-electron chi connectivity index (χ3n) is 4.63. The number of likely N-dealkylation sites (N-methyl/N-ethyl adjacent to an activating group) is 1. The van der Waals surface area contributed by atoms with E-state index in [1.165, 1.54) is 19.3 Å². The van der Waals surface area contributed by atoms with E-state index in [1.807, 2.05) is 13.8 Å². The number of nitrogens with zero attached hydrogens (tertiary/aromatic N) is 1. The van der Waals surface area contributed by atoms with Crippen molar-refractivity contribution in [2.24, 2.45) is 0 Å². The fourth-order valence-corrected chi connectivity index (χ4v) is 3.07. The lowest BCUT2D eigenvalue weighted by molar-refractivity contribution is -0.117. The monoisotopic (exact) mass is 331 g/mol. The van der Waals surface area contributed by atoms with E-state index in [2.05, 4.69) is 15.5 Å². The summed E-state index contributed by atoms with van der Waals surface area (Å²) >= 11 is 0. The van der Waals surface area contributed by atoms with Gasteiger partial charge in [0.15, 0.2) is 0 Å². The SMILES string of the molecule is CCN(CC)CC(=O)Nc1ccc(C(=O)NC2CCCCC2)cc1. The first-order chi connectivity index (χ1) is 11.6. The Labute approximate surface area is 144 Å². The lowest BCUT2D eigenvalue weighted by atomic mass is 9.95. The molecule has 1 fully saturated rings. The van der Waals surface area contributed by atoms with Gasteiger partial charge >= 0.3 is 0 Å². The van der Waals surface area contributed by atoms with Crippen LogP contribution in [0.25, 0.3) is 0 Å². The van der Waals surface area contributed by atoms with Gasteiger partial charge in [-0.2, -0.15) is 0 Å². The molecule has 0 saturated heterocycles. The number of hydrogen-bond donors (Lipinski definition) is 2. The molecule has 0 bridgehead atoms. The van der Waals surface area contributed by atoms with Crippen LogP contribution in [0, 0.1) is 0 Å². The van der Waals surface area contributed by atoms with Crippen LogP contribution >= 0.6 is 0 Å². The van der Waals surface area contributed by atoms with Crippen LogP contribution in [0.3, 0.4) is 0 Å². The number of carbonyl (C=O) groups excluding carboxylic acids is 2. The largest absolute Gasteiger partial charge is 0.349 e. The Morgan fingerprint density at radius 3 is 2.25 bits per heavy atom. The van der Waals surface area contributed by atoms with Crippen molar-refractivity contribution < 1.29 is 9.59 Å². The fraction of sp³-hybridized carbons (Fsp3) is 0.579. The molecule has 5 heteroatoms. The molecule has 1 aliphatic rings. The van der Waals surface area contributed by atoms with Gasteiger partial charge < -0.3 is 10.6 Å². The molecule has 132 valence electrons. The highest BCUT2D eigenvalue weighted by Crippen LogP contribution is 2.18. The van der Waals surface area contributed by atoms with Crippen LogP contribution < -0.4 is 10.6 Å². The minimum absolute atomic E-state index is 0.0251. The summed E-state index contributed by atoms with van der Waals surface area (Å²) < 4.78 is 0. The first kappa shape index (κ1) is 18.5. The van der Waals surface area contributed by atoms with Crippen molar-refractivity contribution in [3.05, 3.63) is 29.8 Å². The second kappa shape index (κ2) is 9.42. The zero-order valence-electron chi connectivity index (χ0n) is 14.8. The fourth-order valence-electron chi connectivity index (χ4n) is 3.07. The predicted molar refractivity (Wildman–Crippen MR) is 97.2 cm³/mol. The van der Waals surface area contributed by atoms with Crippen molar-refractivity contribution in [3.63, 3.8) is 0 Å². The van der Waals surface area contributed by atoms with Gasteiger partial charge in [0.2, 0.25) is 5.91 Å². The number of benzene rings is 1. The first-order valence-electron chi connectivity index (χ1n) is 9.05. The van der Waals surface area contributed by atoms with E-state index in [-0.39, 0.29) is 11.8 Å². The average molecular weight is 331 g/mol. The van der Waals surface area contributed by atoms with Crippen LogP contribution in [0.5, 0.6) is 0 Å². The van der Waals surface area contributed by atoms with Crippen molar-refractivity contribution in [1.29, 1.82) is 0 Å². The van der Waals surface area contributed by atoms with E-state index in [4.69, 9.17) is 0 Å². The molecular formula is C19H29N3O2. The van der Waals surface area contributed by atoms with Gasteiger partial charge in [0, 0.05) is 17.3 Å². The molecule has 1 aliphatic carbocycles. The topological polar surface area (TPSA) is 61.4 Å². The highest BCUT2D eigenvalue weighted by atomic mass is 16.2. The average Bonchev–Trinajstić information content (AvgIpc) is 2.61. The molecule has 1 aromatic rings. The van der Waals surface area contributed by atoms with Crippen molar-refractivity contribution in [1.82, 2.24) is 10.2 Å². The highest BCUT2D eigenvalue weighted by molar-refractivity contribution is 5.96. The van der Waals surface area contributed by atoms with E-state index in [0.717, 1.165) is 31.6 Å². The summed E-state index contributed by atoms with van der Waals surface area (Å²) in [7, 11) is 0. The summed E-state index contributed by atoms with van der Waals surface area (Å²) in [6, 6.07) is 7.42. The summed E-state index contributed by atoms with van der Waals surface area (Å²) in [6.45, 7) is 6.16. The zero-order valence-corrected chi connectivity index (χ0v) is 14.8. The number of anilines is 1. The number of hydrogen-bond acceptors (Lipinski definition) is 3. The summed E-state index contributed by atoms with van der Waals surface area (Å²) in [5.41, 5.74) is 1.36. The van der Waals surface area contributed by atoms with Gasteiger partial charge in [-0.25, -0.2) is 0 Å². The number of rotatable bonds is 7. The second-order valence-corrected chi connectivity index (χ2v) is 6.40. The van der Waals surface area contributed by atoms with Crippen molar-refractivity contribution >= 4 is 17.5 Å². The van der Waals surface area contributed by atoms with Gasteiger partial charge in [-0.3, -0.25) is 14.5 Å². The predicted octanol–water partition coefficient (Wildman–Crippen LogP) is 3.03. The molecule has 5 nitrogen and oxygen atoms in total. The van der Waals surface area contributed by atoms with Gasteiger partial charge in [0.1, 0.15) is 0 Å². The van der Waals surface area contributed by atoms with E-state index in [9.17, 15) is 9.59 Å². The number of carbonyl (C=O) groups is 2. The summed E-state index contributed by atoms with van der Waals surface area (Å²) in [5.74, 6) is -0.0546. The third kappa shape index (κ3) is 5.64. The van der Waals surface area contributed by atoms with Crippen molar-refractivity contribution in [3.8, 4) is 0 Å². The standard InChI is InChI=1S/C19H29N3O2/c1-3-22(4-2)14-18(23)20-17-12-10-15(11-13-17)19(24)21-16-8-6-5-7-9-16/h10-13,16H,3-9,14H2,1-2H3,(H,20,23)(H,21,24). The molecule has 0 atom stereocenters. The molecule has 0 aromatic heterocycles. The maximum Gasteiger partial charge on any atom is 0.251 e. The molecule has 1 saturated carbocycles. The molecule has 0 radical (unpaired) electrons. The molecule has 2 rings (SSSR count). The van der Waals surface area contributed by atoms with Crippen molar-refractivity contribution in [2.75, 3.05) is 25.0 Å². The van der Waals surface area contributed by atoms with E-state index < -0.39 is 0 Å². The molecular weight excluding hydrogens is 302 g/mol. The zero-order chi connectivity index (χ0) is 17.4. The lowest BCUT2D eigenvalue weighted by Gasteiger charge is -2.22. The van der Waals surface area contributed by atoms with Crippen LogP contribution in [0.2, 0.25) is 0 Å². The first-order valence-corrected chi connectivity index (χ1v) is 9.05. The van der Waals surface area contributed by atoms with Gasteiger partial charge in [-0.05, 0) is 50.2 Å². The molecule has 2 N–H and O–H groups in total. The van der Waals surface area contributed by atoms with Crippen LogP contribution in [-0.4, -0.2) is 42.4 Å². The quantitative estimate of drug-likeness (QED) is 0.807. The molecule has 24 heavy (non-hydrogen) atoms. The van der Waals surface area contributed by atoms with Crippen LogP contribution in [0.15, 0.2) is 24.3 Å². The van der Waals surface area contributed by atoms with Crippen LogP contribution in [0.1, 0.15) is 56.3 Å². The maximum atomic E-state index is 12.3. The van der Waals surface area contributed by atoms with Gasteiger partial charge in [-0.1, -0.05) is 33.1 Å². The third-order valence-corrected chi connectivity index (χ3v) is 4.63. The summed E-state index contributed by atoms with van der Waals surface area (Å²) in [4.78, 5) is 26.3. The summed E-state index contributed by atoms with van der Waals surface area (Å²) in [6.07, 6.45) is 5.82. The second-order valence-electron chi connectivity index (χ2n) is 6.40. The van der Waals surface area contributed by atoms with Crippen LogP contribution in [-0.2, 0) is 4.79 Å². The molecule has 0 aliphatic heterocycles. The minimum Gasteiger partial charge on any atom is -0.349 e. The smallest absolute Gasteiger partial charge is 0.251 e. The molecule has 0 heterocycles. The Bertz CT molecular complexity index is 532. The van der Waals surface area contributed by atoms with Crippen LogP contribution in [0.4, 0.5) is 5.69 Å². The Morgan fingerprint density at radius 1 is 1.04 bits per heavy atom. The van der Waals surface area contributed by atoms with E-state index in [0.29, 0.717) is 18.2 Å². The normalized spacial score (nSPS) is 15.3. The lowest BCUT2D eigenvalue weighted by Crippen LogP contribution is -2.36. The highest BCUT2D eigenvalue weighted by Gasteiger charge is 2.16. The Kier molecular flexibility index (Phi) is 7.25.